The highest BCUT2D eigenvalue weighted by Crippen LogP contribution is 2.30. The second-order valence-electron chi connectivity index (χ2n) is 7.35. The molecule has 126 valence electrons. The zero-order chi connectivity index (χ0) is 16.4. The molecule has 0 spiro atoms. The van der Waals surface area contributed by atoms with E-state index in [1.165, 1.54) is 12.8 Å². The summed E-state index contributed by atoms with van der Waals surface area (Å²) < 4.78 is 16.9. The molecule has 1 aliphatic heterocycles. The van der Waals surface area contributed by atoms with E-state index in [0.717, 1.165) is 24.0 Å². The molecule has 1 heterocycles. The van der Waals surface area contributed by atoms with Crippen LogP contribution in [0.3, 0.4) is 0 Å². The molecule has 1 aromatic carbocycles. The number of amides is 1. The molecular weight excluding hydrogens is 294 g/mol. The Morgan fingerprint density at radius 1 is 1.13 bits per heavy atom. The van der Waals surface area contributed by atoms with Gasteiger partial charge >= 0.3 is 6.09 Å². The molecule has 2 aliphatic rings. The quantitative estimate of drug-likeness (QED) is 0.834. The number of hydrogen-bond donors (Lipinski definition) is 0. The van der Waals surface area contributed by atoms with E-state index >= 15 is 0 Å². The van der Waals surface area contributed by atoms with Gasteiger partial charge in [0.2, 0.25) is 0 Å². The van der Waals surface area contributed by atoms with Gasteiger partial charge in [0, 0.05) is 0 Å². The zero-order valence-corrected chi connectivity index (χ0v) is 14.1. The number of likely N-dealkylation sites (tertiary alicyclic amines) is 1. The van der Waals surface area contributed by atoms with E-state index in [2.05, 4.69) is 0 Å². The van der Waals surface area contributed by atoms with E-state index in [1.54, 1.807) is 4.90 Å². The van der Waals surface area contributed by atoms with Crippen molar-refractivity contribution < 1.29 is 19.0 Å². The van der Waals surface area contributed by atoms with Crippen LogP contribution in [0.25, 0.3) is 0 Å². The Labute approximate surface area is 137 Å². The number of ether oxygens (including phenoxy) is 3. The van der Waals surface area contributed by atoms with Crippen LogP contribution >= 0.6 is 0 Å². The molecule has 1 aromatic rings. The number of carbonyl (C=O) groups excluding carboxylic acids is 1. The summed E-state index contributed by atoms with van der Waals surface area (Å²) in [5.74, 6) is 2.44. The van der Waals surface area contributed by atoms with Crippen LogP contribution in [0.1, 0.15) is 33.6 Å². The maximum absolute atomic E-state index is 11.8. The minimum absolute atomic E-state index is 0.0285. The summed E-state index contributed by atoms with van der Waals surface area (Å²) in [7, 11) is 0. The number of rotatable bonds is 5. The highest BCUT2D eigenvalue weighted by molar-refractivity contribution is 5.69. The molecule has 1 saturated heterocycles. The topological polar surface area (TPSA) is 48.0 Å². The average molecular weight is 319 g/mol. The van der Waals surface area contributed by atoms with Crippen molar-refractivity contribution >= 4 is 6.09 Å². The summed E-state index contributed by atoms with van der Waals surface area (Å²) in [6.07, 6.45) is 2.33. The summed E-state index contributed by atoms with van der Waals surface area (Å²) in [5.41, 5.74) is -0.459. The molecule has 5 heteroatoms. The predicted octanol–water partition coefficient (Wildman–Crippen LogP) is 3.47. The van der Waals surface area contributed by atoms with Crippen LogP contribution in [0.5, 0.6) is 11.5 Å². The van der Waals surface area contributed by atoms with E-state index in [1.807, 2.05) is 45.0 Å². The molecule has 0 bridgehead atoms. The van der Waals surface area contributed by atoms with Crippen molar-refractivity contribution in [3.8, 4) is 11.5 Å². The van der Waals surface area contributed by atoms with Crippen LogP contribution in [-0.4, -0.2) is 42.4 Å². The van der Waals surface area contributed by atoms with Gasteiger partial charge in [0.05, 0.1) is 19.7 Å². The first-order chi connectivity index (χ1) is 10.9. The lowest BCUT2D eigenvalue weighted by atomic mass is 10.1. The number of carbonyl (C=O) groups is 1. The molecule has 0 atom stereocenters. The number of nitrogens with zero attached hydrogens (tertiary/aromatic N) is 1. The normalized spacial score (nSPS) is 18.3. The summed E-state index contributed by atoms with van der Waals surface area (Å²) in [6, 6.07) is 7.70. The third-order valence-corrected chi connectivity index (χ3v) is 3.81. The Kier molecular flexibility index (Phi) is 4.37. The molecule has 0 aromatic heterocycles. The molecular formula is C18H25NO4. The lowest BCUT2D eigenvalue weighted by Crippen LogP contribution is -2.57. The summed E-state index contributed by atoms with van der Waals surface area (Å²) in [5, 5.41) is 0. The number of benzene rings is 1. The molecule has 0 N–H and O–H groups in total. The molecule has 2 fully saturated rings. The van der Waals surface area contributed by atoms with Gasteiger partial charge in [-0.05, 0) is 63.8 Å². The van der Waals surface area contributed by atoms with Gasteiger partial charge in [-0.2, -0.15) is 0 Å². The maximum atomic E-state index is 11.8. The maximum Gasteiger partial charge on any atom is 0.410 e. The Morgan fingerprint density at radius 3 is 2.30 bits per heavy atom. The third kappa shape index (κ3) is 4.78. The van der Waals surface area contributed by atoms with Crippen molar-refractivity contribution in [2.75, 3.05) is 19.7 Å². The first-order valence-corrected chi connectivity index (χ1v) is 8.26. The number of hydrogen-bond acceptors (Lipinski definition) is 4. The summed E-state index contributed by atoms with van der Waals surface area (Å²) in [4.78, 5) is 13.5. The lowest BCUT2D eigenvalue weighted by molar-refractivity contribution is -0.0221. The monoisotopic (exact) mass is 319 g/mol. The fourth-order valence-corrected chi connectivity index (χ4v) is 2.29. The van der Waals surface area contributed by atoms with Crippen LogP contribution in [-0.2, 0) is 4.74 Å². The largest absolute Gasteiger partial charge is 0.493 e. The van der Waals surface area contributed by atoms with Crippen molar-refractivity contribution in [3.05, 3.63) is 24.3 Å². The van der Waals surface area contributed by atoms with Gasteiger partial charge < -0.3 is 19.1 Å². The zero-order valence-electron chi connectivity index (χ0n) is 14.1. The molecule has 3 rings (SSSR count). The van der Waals surface area contributed by atoms with Crippen LogP contribution in [0.15, 0.2) is 24.3 Å². The summed E-state index contributed by atoms with van der Waals surface area (Å²) >= 11 is 0. The van der Waals surface area contributed by atoms with Gasteiger partial charge in [-0.1, -0.05) is 0 Å². The first kappa shape index (κ1) is 16.0. The molecule has 1 amide bonds. The van der Waals surface area contributed by atoms with Crippen molar-refractivity contribution in [1.82, 2.24) is 4.90 Å². The highest BCUT2D eigenvalue weighted by Gasteiger charge is 2.35. The minimum Gasteiger partial charge on any atom is -0.493 e. The Bertz CT molecular complexity index is 539. The SMILES string of the molecule is CC(C)(C)OC(=O)N1CC(Oc2ccc(OCC3CC3)cc2)C1. The van der Waals surface area contributed by atoms with Gasteiger partial charge in [0.1, 0.15) is 23.2 Å². The molecule has 1 aliphatic carbocycles. The van der Waals surface area contributed by atoms with Crippen molar-refractivity contribution in [1.29, 1.82) is 0 Å². The molecule has 1 saturated carbocycles. The average Bonchev–Trinajstić information content (AvgIpc) is 3.23. The lowest BCUT2D eigenvalue weighted by Gasteiger charge is -2.39. The fraction of sp³-hybridized carbons (Fsp3) is 0.611. The second-order valence-corrected chi connectivity index (χ2v) is 7.35. The minimum atomic E-state index is -0.459. The van der Waals surface area contributed by atoms with Crippen LogP contribution < -0.4 is 9.47 Å². The van der Waals surface area contributed by atoms with Gasteiger partial charge in [-0.25, -0.2) is 4.79 Å². The van der Waals surface area contributed by atoms with E-state index < -0.39 is 5.60 Å². The standard InChI is InChI=1S/C18H25NO4/c1-18(2,3)23-17(20)19-10-16(11-19)22-15-8-6-14(7-9-15)21-12-13-4-5-13/h6-9,13,16H,4-5,10-12H2,1-3H3. The smallest absolute Gasteiger partial charge is 0.410 e. The second kappa shape index (κ2) is 6.30. The predicted molar refractivity (Wildman–Crippen MR) is 86.9 cm³/mol. The molecule has 5 nitrogen and oxygen atoms in total. The van der Waals surface area contributed by atoms with Crippen LogP contribution in [0.2, 0.25) is 0 Å². The Morgan fingerprint density at radius 2 is 1.74 bits per heavy atom. The van der Waals surface area contributed by atoms with Crippen LogP contribution in [0.4, 0.5) is 4.79 Å². The molecule has 0 unspecified atom stereocenters. The van der Waals surface area contributed by atoms with Gasteiger partial charge in [-0.3, -0.25) is 0 Å². The Balaban J connectivity index is 1.40. The van der Waals surface area contributed by atoms with E-state index in [0.29, 0.717) is 13.1 Å². The fourth-order valence-electron chi connectivity index (χ4n) is 2.29. The van der Waals surface area contributed by atoms with Gasteiger partial charge in [0.15, 0.2) is 0 Å². The van der Waals surface area contributed by atoms with Gasteiger partial charge in [-0.15, -0.1) is 0 Å². The molecule has 0 radical (unpaired) electrons. The van der Waals surface area contributed by atoms with Crippen LogP contribution in [0, 0.1) is 5.92 Å². The van der Waals surface area contributed by atoms with Crippen molar-refractivity contribution in [3.63, 3.8) is 0 Å². The van der Waals surface area contributed by atoms with Crippen molar-refractivity contribution in [2.24, 2.45) is 5.92 Å². The molecule has 23 heavy (non-hydrogen) atoms. The first-order valence-electron chi connectivity index (χ1n) is 8.26. The summed E-state index contributed by atoms with van der Waals surface area (Å²) in [6.45, 7) is 7.54. The Hall–Kier alpha value is -1.91. The van der Waals surface area contributed by atoms with E-state index in [4.69, 9.17) is 14.2 Å². The van der Waals surface area contributed by atoms with Gasteiger partial charge in [0.25, 0.3) is 0 Å². The van der Waals surface area contributed by atoms with E-state index in [9.17, 15) is 4.79 Å². The van der Waals surface area contributed by atoms with Crippen molar-refractivity contribution in [2.45, 2.75) is 45.3 Å². The van der Waals surface area contributed by atoms with E-state index in [-0.39, 0.29) is 12.2 Å². The highest BCUT2D eigenvalue weighted by atomic mass is 16.6. The third-order valence-electron chi connectivity index (χ3n) is 3.81.